The molecule has 0 atom stereocenters. The molecule has 1 aromatic carbocycles. The number of rotatable bonds is 2. The summed E-state index contributed by atoms with van der Waals surface area (Å²) in [6.45, 7) is 1.89. The van der Waals surface area contributed by atoms with E-state index in [0.717, 1.165) is 17.3 Å². The van der Waals surface area contributed by atoms with Crippen LogP contribution >= 0.6 is 15.9 Å². The Hall–Kier alpha value is -1.30. The van der Waals surface area contributed by atoms with Crippen molar-refractivity contribution in [1.29, 1.82) is 0 Å². The number of benzene rings is 1. The second kappa shape index (κ2) is 5.00. The van der Waals surface area contributed by atoms with Gasteiger partial charge in [-0.1, -0.05) is 15.9 Å². The maximum atomic E-state index is 12.7. The molecule has 0 radical (unpaired) electrons. The van der Waals surface area contributed by atoms with Gasteiger partial charge >= 0.3 is 6.18 Å². The molecule has 2 nitrogen and oxygen atoms in total. The van der Waals surface area contributed by atoms with Crippen molar-refractivity contribution in [2.75, 3.05) is 0 Å². The van der Waals surface area contributed by atoms with Gasteiger partial charge in [-0.25, -0.2) is 0 Å². The average Bonchev–Trinajstić information content (AvgIpc) is 2.62. The summed E-state index contributed by atoms with van der Waals surface area (Å²) in [5.74, 6) is 0. The van der Waals surface area contributed by atoms with Gasteiger partial charge in [0.05, 0.1) is 11.8 Å². The van der Waals surface area contributed by atoms with Gasteiger partial charge in [0.25, 0.3) is 0 Å². The quantitative estimate of drug-likeness (QED) is 0.809. The second-order valence-corrected chi connectivity index (χ2v) is 5.23. The molecule has 0 amide bonds. The summed E-state index contributed by atoms with van der Waals surface area (Å²) in [6, 6.07) is 3.68. The van der Waals surface area contributed by atoms with E-state index in [2.05, 4.69) is 21.0 Å². The molecule has 0 N–H and O–H groups in total. The third-order valence-electron chi connectivity index (χ3n) is 3.00. The van der Waals surface area contributed by atoms with Gasteiger partial charge in [0.15, 0.2) is 0 Å². The maximum Gasteiger partial charge on any atom is 0.416 e. The first-order valence-corrected chi connectivity index (χ1v) is 6.41. The van der Waals surface area contributed by atoms with E-state index in [1.54, 1.807) is 17.9 Å². The van der Waals surface area contributed by atoms with Crippen LogP contribution < -0.4 is 0 Å². The molecule has 6 heteroatoms. The van der Waals surface area contributed by atoms with Gasteiger partial charge < -0.3 is 0 Å². The molecule has 1 aromatic heterocycles. The third-order valence-corrected chi connectivity index (χ3v) is 3.77. The normalized spacial score (nSPS) is 11.9. The van der Waals surface area contributed by atoms with Crippen LogP contribution in [0.1, 0.15) is 22.4 Å². The van der Waals surface area contributed by atoms with Crippen molar-refractivity contribution in [3.05, 3.63) is 51.3 Å². The average molecular weight is 333 g/mol. The monoisotopic (exact) mass is 332 g/mol. The molecular formula is C13H12BrF3N2. The first-order valence-electron chi connectivity index (χ1n) is 5.62. The van der Waals surface area contributed by atoms with E-state index in [4.69, 9.17) is 0 Å². The summed E-state index contributed by atoms with van der Waals surface area (Å²) in [7, 11) is 1.78. The predicted octanol–water partition coefficient (Wildman–Crippen LogP) is 4.10. The Balaban J connectivity index is 2.40. The minimum absolute atomic E-state index is 0.410. The minimum atomic E-state index is -4.32. The van der Waals surface area contributed by atoms with Crippen LogP contribution in [0, 0.1) is 6.92 Å². The van der Waals surface area contributed by atoms with E-state index in [-0.39, 0.29) is 0 Å². The number of alkyl halides is 3. The summed E-state index contributed by atoms with van der Waals surface area (Å²) in [6.07, 6.45) is -2.21. The fourth-order valence-electron chi connectivity index (χ4n) is 1.89. The predicted molar refractivity (Wildman–Crippen MR) is 69.9 cm³/mol. The highest BCUT2D eigenvalue weighted by molar-refractivity contribution is 9.10. The molecule has 1 heterocycles. The van der Waals surface area contributed by atoms with E-state index in [1.165, 1.54) is 12.1 Å². The van der Waals surface area contributed by atoms with E-state index in [0.29, 0.717) is 16.5 Å². The van der Waals surface area contributed by atoms with Crippen molar-refractivity contribution in [3.63, 3.8) is 0 Å². The Labute approximate surface area is 117 Å². The summed E-state index contributed by atoms with van der Waals surface area (Å²) < 4.78 is 40.5. The highest BCUT2D eigenvalue weighted by Crippen LogP contribution is 2.32. The van der Waals surface area contributed by atoms with Crippen LogP contribution in [0.4, 0.5) is 13.2 Å². The molecule has 0 aliphatic rings. The van der Waals surface area contributed by atoms with Crippen LogP contribution in [0.15, 0.2) is 28.9 Å². The van der Waals surface area contributed by atoms with Crippen molar-refractivity contribution < 1.29 is 13.2 Å². The van der Waals surface area contributed by atoms with Gasteiger partial charge in [0.1, 0.15) is 0 Å². The first-order chi connectivity index (χ1) is 8.79. The van der Waals surface area contributed by atoms with Crippen LogP contribution in [-0.4, -0.2) is 9.78 Å². The maximum absolute atomic E-state index is 12.7. The fourth-order valence-corrected chi connectivity index (χ4v) is 2.28. The molecule has 2 rings (SSSR count). The second-order valence-electron chi connectivity index (χ2n) is 4.38. The SMILES string of the molecule is Cc1cnn(C)c1Cc1cc(C(F)(F)F)ccc1Br. The number of hydrogen-bond acceptors (Lipinski definition) is 1. The Morgan fingerprint density at radius 3 is 2.53 bits per heavy atom. The smallest absolute Gasteiger partial charge is 0.272 e. The van der Waals surface area contributed by atoms with Gasteiger partial charge in [0, 0.05) is 23.6 Å². The molecule has 0 aliphatic carbocycles. The number of halogens is 4. The standard InChI is InChI=1S/C13H12BrF3N2/c1-8-7-18-19(2)12(8)6-9-5-10(13(15,16)17)3-4-11(9)14/h3-5,7H,6H2,1-2H3. The Kier molecular flexibility index (Phi) is 3.71. The molecule has 19 heavy (non-hydrogen) atoms. The van der Waals surface area contributed by atoms with Gasteiger partial charge in [-0.3, -0.25) is 4.68 Å². The Morgan fingerprint density at radius 1 is 1.32 bits per heavy atom. The number of hydrogen-bond donors (Lipinski definition) is 0. The van der Waals surface area contributed by atoms with Crippen LogP contribution in [0.2, 0.25) is 0 Å². The fraction of sp³-hybridized carbons (Fsp3) is 0.308. The topological polar surface area (TPSA) is 17.8 Å². The van der Waals surface area contributed by atoms with Crippen LogP contribution in [0.3, 0.4) is 0 Å². The molecule has 0 saturated carbocycles. The van der Waals surface area contributed by atoms with Gasteiger partial charge in [-0.15, -0.1) is 0 Å². The summed E-state index contributed by atoms with van der Waals surface area (Å²) >= 11 is 3.30. The molecule has 0 fully saturated rings. The number of aryl methyl sites for hydroxylation is 2. The molecular weight excluding hydrogens is 321 g/mol. The van der Waals surface area contributed by atoms with Crippen molar-refractivity contribution in [3.8, 4) is 0 Å². The highest BCUT2D eigenvalue weighted by Gasteiger charge is 2.30. The molecule has 0 unspecified atom stereocenters. The largest absolute Gasteiger partial charge is 0.416 e. The van der Waals surface area contributed by atoms with E-state index < -0.39 is 11.7 Å². The number of nitrogens with zero attached hydrogens (tertiary/aromatic N) is 2. The van der Waals surface area contributed by atoms with Crippen LogP contribution in [-0.2, 0) is 19.6 Å². The van der Waals surface area contributed by atoms with Gasteiger partial charge in [-0.05, 0) is 36.2 Å². The van der Waals surface area contributed by atoms with Crippen molar-refractivity contribution in [2.45, 2.75) is 19.5 Å². The molecule has 0 aliphatic heterocycles. The Morgan fingerprint density at radius 2 is 2.00 bits per heavy atom. The zero-order chi connectivity index (χ0) is 14.2. The van der Waals surface area contributed by atoms with Crippen LogP contribution in [0.25, 0.3) is 0 Å². The van der Waals surface area contributed by atoms with Crippen molar-refractivity contribution >= 4 is 15.9 Å². The lowest BCUT2D eigenvalue weighted by Crippen LogP contribution is -2.07. The Bertz CT molecular complexity index is 583. The zero-order valence-electron chi connectivity index (χ0n) is 10.4. The van der Waals surface area contributed by atoms with Gasteiger partial charge in [0.2, 0.25) is 0 Å². The molecule has 0 saturated heterocycles. The van der Waals surface area contributed by atoms with E-state index in [1.807, 2.05) is 6.92 Å². The van der Waals surface area contributed by atoms with Gasteiger partial charge in [-0.2, -0.15) is 18.3 Å². The third kappa shape index (κ3) is 3.00. The lowest BCUT2D eigenvalue weighted by atomic mass is 10.0. The summed E-state index contributed by atoms with van der Waals surface area (Å²) in [4.78, 5) is 0. The molecule has 2 aromatic rings. The van der Waals surface area contributed by atoms with E-state index >= 15 is 0 Å². The molecule has 0 spiro atoms. The summed E-state index contributed by atoms with van der Waals surface area (Å²) in [5.41, 5.74) is 1.83. The van der Waals surface area contributed by atoms with Crippen molar-refractivity contribution in [1.82, 2.24) is 9.78 Å². The molecule has 0 bridgehead atoms. The zero-order valence-corrected chi connectivity index (χ0v) is 12.0. The van der Waals surface area contributed by atoms with E-state index in [9.17, 15) is 13.2 Å². The van der Waals surface area contributed by atoms with Crippen molar-refractivity contribution in [2.24, 2.45) is 7.05 Å². The van der Waals surface area contributed by atoms with Crippen LogP contribution in [0.5, 0.6) is 0 Å². The lowest BCUT2D eigenvalue weighted by molar-refractivity contribution is -0.137. The first kappa shape index (κ1) is 14.1. The molecule has 102 valence electrons. The summed E-state index contributed by atoms with van der Waals surface area (Å²) in [5, 5.41) is 4.09. The highest BCUT2D eigenvalue weighted by atomic mass is 79.9. The lowest BCUT2D eigenvalue weighted by Gasteiger charge is -2.11. The minimum Gasteiger partial charge on any atom is -0.272 e. The number of aromatic nitrogens is 2.